The van der Waals surface area contributed by atoms with E-state index < -0.39 is 5.60 Å². The molecule has 0 fully saturated rings. The van der Waals surface area contributed by atoms with Gasteiger partial charge in [-0.2, -0.15) is 0 Å². The highest BCUT2D eigenvalue weighted by atomic mass is 16.6. The molecule has 0 rings (SSSR count). The lowest BCUT2D eigenvalue weighted by molar-refractivity contribution is -0.155. The first-order valence-corrected chi connectivity index (χ1v) is 5.91. The summed E-state index contributed by atoms with van der Waals surface area (Å²) in [5, 5.41) is 2.66. The molecule has 5 heteroatoms. The second-order valence-electron chi connectivity index (χ2n) is 4.63. The van der Waals surface area contributed by atoms with Gasteiger partial charge in [0, 0.05) is 19.6 Å². The Kier molecular flexibility index (Phi) is 7.54. The number of hydrogen-bond acceptors (Lipinski definition) is 4. The van der Waals surface area contributed by atoms with E-state index in [0.29, 0.717) is 19.8 Å². The van der Waals surface area contributed by atoms with Crippen molar-refractivity contribution < 1.29 is 19.1 Å². The van der Waals surface area contributed by atoms with E-state index in [1.807, 2.05) is 6.92 Å². The van der Waals surface area contributed by atoms with Crippen LogP contribution < -0.4 is 5.32 Å². The fourth-order valence-electron chi connectivity index (χ4n) is 1.10. The Morgan fingerprint density at radius 3 is 2.35 bits per heavy atom. The van der Waals surface area contributed by atoms with Gasteiger partial charge in [0.2, 0.25) is 5.91 Å². The van der Waals surface area contributed by atoms with E-state index in [0.717, 1.165) is 0 Å². The predicted octanol–water partition coefficient (Wildman–Crippen LogP) is 1.26. The first-order chi connectivity index (χ1) is 7.85. The molecule has 0 aliphatic carbocycles. The highest BCUT2D eigenvalue weighted by Gasteiger charge is 2.16. The Bertz CT molecular complexity index is 245. The third kappa shape index (κ3) is 11.2. The maximum atomic E-state index is 11.3. The van der Waals surface area contributed by atoms with Crippen molar-refractivity contribution in [2.24, 2.45) is 0 Å². The number of hydrogen-bond donors (Lipinski definition) is 1. The van der Waals surface area contributed by atoms with E-state index in [1.165, 1.54) is 0 Å². The van der Waals surface area contributed by atoms with Crippen LogP contribution in [0.5, 0.6) is 0 Å². The number of rotatable bonds is 7. The number of nitrogens with one attached hydrogen (secondary N) is 1. The number of amides is 1. The molecule has 0 unspecified atom stereocenters. The van der Waals surface area contributed by atoms with Gasteiger partial charge in [0.25, 0.3) is 0 Å². The van der Waals surface area contributed by atoms with Gasteiger partial charge in [-0.25, -0.2) is 0 Å². The molecule has 17 heavy (non-hydrogen) atoms. The van der Waals surface area contributed by atoms with Crippen LogP contribution in [-0.4, -0.2) is 37.2 Å². The van der Waals surface area contributed by atoms with E-state index in [-0.39, 0.29) is 24.7 Å². The summed E-state index contributed by atoms with van der Waals surface area (Å²) in [6, 6.07) is 0. The van der Waals surface area contributed by atoms with E-state index in [9.17, 15) is 9.59 Å². The Labute approximate surface area is 103 Å². The molecule has 0 bridgehead atoms. The molecule has 0 aliphatic heterocycles. The van der Waals surface area contributed by atoms with Gasteiger partial charge in [-0.15, -0.1) is 0 Å². The van der Waals surface area contributed by atoms with Crippen LogP contribution in [0.2, 0.25) is 0 Å². The maximum absolute atomic E-state index is 11.3. The quantitative estimate of drug-likeness (QED) is 0.542. The standard InChI is InChI=1S/C12H23NO4/c1-5-16-9-8-13-10(14)6-7-11(15)17-12(2,3)4/h5-9H2,1-4H3,(H,13,14). The van der Waals surface area contributed by atoms with Crippen molar-refractivity contribution >= 4 is 11.9 Å². The van der Waals surface area contributed by atoms with Crippen molar-refractivity contribution in [2.75, 3.05) is 19.8 Å². The van der Waals surface area contributed by atoms with Crippen molar-refractivity contribution in [3.05, 3.63) is 0 Å². The van der Waals surface area contributed by atoms with Crippen molar-refractivity contribution in [3.8, 4) is 0 Å². The highest BCUT2D eigenvalue weighted by Crippen LogP contribution is 2.08. The van der Waals surface area contributed by atoms with Crippen molar-refractivity contribution in [1.29, 1.82) is 0 Å². The van der Waals surface area contributed by atoms with E-state index in [4.69, 9.17) is 9.47 Å². The molecule has 0 radical (unpaired) electrons. The van der Waals surface area contributed by atoms with Gasteiger partial charge in [-0.05, 0) is 27.7 Å². The van der Waals surface area contributed by atoms with Gasteiger partial charge >= 0.3 is 5.97 Å². The summed E-state index contributed by atoms with van der Waals surface area (Å²) in [7, 11) is 0. The second-order valence-corrected chi connectivity index (χ2v) is 4.63. The molecule has 0 atom stereocenters. The number of carbonyl (C=O) groups is 2. The third-order valence-electron chi connectivity index (χ3n) is 1.75. The van der Waals surface area contributed by atoms with Crippen LogP contribution in [0, 0.1) is 0 Å². The van der Waals surface area contributed by atoms with Gasteiger partial charge in [-0.1, -0.05) is 0 Å². The largest absolute Gasteiger partial charge is 0.460 e. The molecule has 0 saturated heterocycles. The van der Waals surface area contributed by atoms with Crippen LogP contribution in [0.15, 0.2) is 0 Å². The fraction of sp³-hybridized carbons (Fsp3) is 0.833. The highest BCUT2D eigenvalue weighted by molar-refractivity contribution is 5.81. The fourth-order valence-corrected chi connectivity index (χ4v) is 1.10. The normalized spacial score (nSPS) is 11.1. The molecule has 5 nitrogen and oxygen atoms in total. The summed E-state index contributed by atoms with van der Waals surface area (Å²) in [6.45, 7) is 8.89. The summed E-state index contributed by atoms with van der Waals surface area (Å²) in [6.07, 6.45) is 0.263. The first kappa shape index (κ1) is 15.9. The number of carbonyl (C=O) groups excluding carboxylic acids is 2. The Morgan fingerprint density at radius 2 is 1.82 bits per heavy atom. The summed E-state index contributed by atoms with van der Waals surface area (Å²) in [4.78, 5) is 22.6. The SMILES string of the molecule is CCOCCNC(=O)CCC(=O)OC(C)(C)C. The molecule has 1 N–H and O–H groups in total. The van der Waals surface area contributed by atoms with Crippen LogP contribution in [-0.2, 0) is 19.1 Å². The second kappa shape index (κ2) is 8.06. The molecular weight excluding hydrogens is 222 g/mol. The topological polar surface area (TPSA) is 64.6 Å². The average molecular weight is 245 g/mol. The molecule has 0 aliphatic rings. The van der Waals surface area contributed by atoms with Gasteiger partial charge in [0.1, 0.15) is 5.60 Å². The smallest absolute Gasteiger partial charge is 0.306 e. The minimum atomic E-state index is -0.497. The zero-order chi connectivity index (χ0) is 13.3. The molecule has 1 amide bonds. The molecular formula is C12H23NO4. The maximum Gasteiger partial charge on any atom is 0.306 e. The average Bonchev–Trinajstić information content (AvgIpc) is 2.19. The van der Waals surface area contributed by atoms with Gasteiger partial charge in [0.05, 0.1) is 13.0 Å². The zero-order valence-electron chi connectivity index (χ0n) is 11.2. The summed E-state index contributed by atoms with van der Waals surface area (Å²) >= 11 is 0. The molecule has 0 heterocycles. The lowest BCUT2D eigenvalue weighted by Gasteiger charge is -2.19. The molecule has 0 saturated carbocycles. The number of esters is 1. The summed E-state index contributed by atoms with van der Waals surface area (Å²) in [5.41, 5.74) is -0.497. The zero-order valence-corrected chi connectivity index (χ0v) is 11.2. The van der Waals surface area contributed by atoms with Crippen LogP contribution in [0.25, 0.3) is 0 Å². The van der Waals surface area contributed by atoms with Gasteiger partial charge in [0.15, 0.2) is 0 Å². The molecule has 0 aromatic rings. The Morgan fingerprint density at radius 1 is 1.18 bits per heavy atom. The monoisotopic (exact) mass is 245 g/mol. The van der Waals surface area contributed by atoms with Crippen LogP contribution >= 0.6 is 0 Å². The Balaban J connectivity index is 3.59. The van der Waals surface area contributed by atoms with Gasteiger partial charge in [-0.3, -0.25) is 9.59 Å². The van der Waals surface area contributed by atoms with E-state index in [2.05, 4.69) is 5.32 Å². The van der Waals surface area contributed by atoms with E-state index >= 15 is 0 Å². The molecule has 0 aromatic carbocycles. The minimum Gasteiger partial charge on any atom is -0.460 e. The summed E-state index contributed by atoms with van der Waals surface area (Å²) in [5.74, 6) is -0.506. The minimum absolute atomic E-state index is 0.109. The van der Waals surface area contributed by atoms with Crippen molar-refractivity contribution in [1.82, 2.24) is 5.32 Å². The van der Waals surface area contributed by atoms with Crippen molar-refractivity contribution in [3.63, 3.8) is 0 Å². The lowest BCUT2D eigenvalue weighted by Crippen LogP contribution is -2.29. The number of ether oxygens (including phenoxy) is 2. The lowest BCUT2D eigenvalue weighted by atomic mass is 10.2. The van der Waals surface area contributed by atoms with Gasteiger partial charge < -0.3 is 14.8 Å². The third-order valence-corrected chi connectivity index (χ3v) is 1.75. The Hall–Kier alpha value is -1.10. The molecule has 100 valence electrons. The van der Waals surface area contributed by atoms with Crippen LogP contribution in [0.1, 0.15) is 40.5 Å². The first-order valence-electron chi connectivity index (χ1n) is 5.91. The van der Waals surface area contributed by atoms with Crippen molar-refractivity contribution in [2.45, 2.75) is 46.1 Å². The molecule has 0 spiro atoms. The predicted molar refractivity (Wildman–Crippen MR) is 64.6 cm³/mol. The van der Waals surface area contributed by atoms with Crippen LogP contribution in [0.4, 0.5) is 0 Å². The van der Waals surface area contributed by atoms with E-state index in [1.54, 1.807) is 20.8 Å². The summed E-state index contributed by atoms with van der Waals surface area (Å²) < 4.78 is 10.2. The van der Waals surface area contributed by atoms with Crippen LogP contribution in [0.3, 0.4) is 0 Å². The molecule has 0 aromatic heterocycles.